The topological polar surface area (TPSA) is 49.9 Å². The van der Waals surface area contributed by atoms with Gasteiger partial charge in [-0.1, -0.05) is 0 Å². The number of ether oxygens (including phenoxy) is 1. The lowest BCUT2D eigenvalue weighted by Crippen LogP contribution is -2.54. The molecule has 2 saturated heterocycles. The van der Waals surface area contributed by atoms with Gasteiger partial charge in [-0.05, 0) is 39.5 Å². The van der Waals surface area contributed by atoms with E-state index in [1.165, 1.54) is 0 Å². The van der Waals surface area contributed by atoms with Crippen LogP contribution in [0.4, 0.5) is 0 Å². The number of carbonyl (C=O) groups excluding carboxylic acids is 2. The zero-order valence-electron chi connectivity index (χ0n) is 13.1. The van der Waals surface area contributed by atoms with Crippen LogP contribution in [0, 0.1) is 11.8 Å². The normalized spacial score (nSPS) is 33.9. The second-order valence-electron chi connectivity index (χ2n) is 6.88. The maximum atomic E-state index is 12.8. The van der Waals surface area contributed by atoms with E-state index < -0.39 is 0 Å². The van der Waals surface area contributed by atoms with E-state index >= 15 is 0 Å². The third-order valence-corrected chi connectivity index (χ3v) is 4.90. The lowest BCUT2D eigenvalue weighted by Gasteiger charge is -2.41. The molecule has 3 fully saturated rings. The molecule has 2 aliphatic heterocycles. The molecule has 1 saturated carbocycles. The van der Waals surface area contributed by atoms with Crippen molar-refractivity contribution in [1.82, 2.24) is 9.80 Å². The monoisotopic (exact) mass is 294 g/mol. The van der Waals surface area contributed by atoms with Gasteiger partial charge in [-0.2, -0.15) is 0 Å². The summed E-state index contributed by atoms with van der Waals surface area (Å²) in [4.78, 5) is 28.9. The molecule has 0 radical (unpaired) electrons. The van der Waals surface area contributed by atoms with Crippen LogP contribution in [0.25, 0.3) is 0 Å². The minimum Gasteiger partial charge on any atom is -0.375 e. The molecule has 1 aliphatic carbocycles. The maximum Gasteiger partial charge on any atom is 0.227 e. The predicted molar refractivity (Wildman–Crippen MR) is 78.6 cm³/mol. The Labute approximate surface area is 126 Å². The molecule has 3 unspecified atom stereocenters. The SMILES string of the molecule is CC1CN(C(=O)C2CCCN(C(=O)C3CC3)C2)C(C)CO1. The van der Waals surface area contributed by atoms with Crippen LogP contribution >= 0.6 is 0 Å². The average Bonchev–Trinajstić information content (AvgIpc) is 3.33. The molecule has 0 N–H and O–H groups in total. The van der Waals surface area contributed by atoms with Crippen molar-refractivity contribution >= 4 is 11.8 Å². The summed E-state index contributed by atoms with van der Waals surface area (Å²) in [6.45, 7) is 6.79. The van der Waals surface area contributed by atoms with Crippen molar-refractivity contribution < 1.29 is 14.3 Å². The van der Waals surface area contributed by atoms with E-state index in [1.54, 1.807) is 0 Å². The number of amides is 2. The largest absolute Gasteiger partial charge is 0.375 e. The van der Waals surface area contributed by atoms with Gasteiger partial charge < -0.3 is 14.5 Å². The maximum absolute atomic E-state index is 12.8. The number of likely N-dealkylation sites (tertiary alicyclic amines) is 1. The Kier molecular flexibility index (Phi) is 4.20. The van der Waals surface area contributed by atoms with Gasteiger partial charge >= 0.3 is 0 Å². The Morgan fingerprint density at radius 2 is 1.76 bits per heavy atom. The Hall–Kier alpha value is -1.10. The van der Waals surface area contributed by atoms with Crippen LogP contribution in [-0.4, -0.2) is 60.0 Å². The minimum atomic E-state index is -0.0193. The summed E-state index contributed by atoms with van der Waals surface area (Å²) in [5.74, 6) is 0.720. The van der Waals surface area contributed by atoms with Gasteiger partial charge in [-0.25, -0.2) is 0 Å². The van der Waals surface area contributed by atoms with Crippen LogP contribution in [0.3, 0.4) is 0 Å². The number of carbonyl (C=O) groups is 2. The summed E-state index contributed by atoms with van der Waals surface area (Å²) < 4.78 is 5.60. The van der Waals surface area contributed by atoms with Gasteiger partial charge in [0.05, 0.1) is 24.7 Å². The lowest BCUT2D eigenvalue weighted by atomic mass is 9.95. The molecule has 0 aromatic rings. The Balaban J connectivity index is 1.62. The van der Waals surface area contributed by atoms with Crippen molar-refractivity contribution in [2.75, 3.05) is 26.2 Å². The number of rotatable bonds is 2. The number of hydrogen-bond acceptors (Lipinski definition) is 3. The van der Waals surface area contributed by atoms with E-state index in [-0.39, 0.29) is 35.8 Å². The Bertz CT molecular complexity index is 422. The highest BCUT2D eigenvalue weighted by molar-refractivity contribution is 5.83. The molecule has 0 spiro atoms. The number of morpholine rings is 1. The molecule has 5 nitrogen and oxygen atoms in total. The zero-order chi connectivity index (χ0) is 15.0. The first-order chi connectivity index (χ1) is 10.1. The summed E-state index contributed by atoms with van der Waals surface area (Å²) in [6, 6.07) is 0.142. The van der Waals surface area contributed by atoms with Gasteiger partial charge in [0, 0.05) is 25.6 Å². The van der Waals surface area contributed by atoms with Crippen LogP contribution in [0.5, 0.6) is 0 Å². The Morgan fingerprint density at radius 1 is 1.00 bits per heavy atom. The summed E-state index contributed by atoms with van der Waals surface area (Å²) in [6.07, 6.45) is 4.03. The van der Waals surface area contributed by atoms with E-state index in [4.69, 9.17) is 4.74 Å². The van der Waals surface area contributed by atoms with Gasteiger partial charge in [-0.3, -0.25) is 9.59 Å². The summed E-state index contributed by atoms with van der Waals surface area (Å²) >= 11 is 0. The summed E-state index contributed by atoms with van der Waals surface area (Å²) in [7, 11) is 0. The molecule has 118 valence electrons. The fraction of sp³-hybridized carbons (Fsp3) is 0.875. The zero-order valence-corrected chi connectivity index (χ0v) is 13.1. The van der Waals surface area contributed by atoms with Crippen LogP contribution in [-0.2, 0) is 14.3 Å². The van der Waals surface area contributed by atoms with Gasteiger partial charge in [0.15, 0.2) is 0 Å². The van der Waals surface area contributed by atoms with Crippen molar-refractivity contribution in [3.05, 3.63) is 0 Å². The van der Waals surface area contributed by atoms with Crippen molar-refractivity contribution in [1.29, 1.82) is 0 Å². The third-order valence-electron chi connectivity index (χ3n) is 4.90. The van der Waals surface area contributed by atoms with Gasteiger partial charge in [0.2, 0.25) is 11.8 Å². The molecule has 0 aromatic carbocycles. The van der Waals surface area contributed by atoms with Crippen molar-refractivity contribution in [3.63, 3.8) is 0 Å². The molecular weight excluding hydrogens is 268 g/mol. The number of piperidine rings is 1. The fourth-order valence-electron chi connectivity index (χ4n) is 3.41. The van der Waals surface area contributed by atoms with Crippen molar-refractivity contribution in [2.24, 2.45) is 11.8 Å². The molecule has 0 bridgehead atoms. The lowest BCUT2D eigenvalue weighted by molar-refractivity contribution is -0.150. The van der Waals surface area contributed by atoms with Crippen LogP contribution in [0.2, 0.25) is 0 Å². The highest BCUT2D eigenvalue weighted by Crippen LogP contribution is 2.33. The minimum absolute atomic E-state index is 0.0193. The number of hydrogen-bond donors (Lipinski definition) is 0. The quantitative estimate of drug-likeness (QED) is 0.770. The molecule has 0 aromatic heterocycles. The average molecular weight is 294 g/mol. The number of nitrogens with zero attached hydrogens (tertiary/aromatic N) is 2. The second kappa shape index (κ2) is 5.95. The van der Waals surface area contributed by atoms with Crippen molar-refractivity contribution in [2.45, 2.75) is 51.7 Å². The van der Waals surface area contributed by atoms with E-state index in [9.17, 15) is 9.59 Å². The van der Waals surface area contributed by atoms with Crippen molar-refractivity contribution in [3.8, 4) is 0 Å². The molecule has 21 heavy (non-hydrogen) atoms. The molecule has 2 amide bonds. The second-order valence-corrected chi connectivity index (χ2v) is 6.88. The molecule has 5 heteroatoms. The van der Waals surface area contributed by atoms with E-state index in [2.05, 4.69) is 0 Å². The first-order valence-electron chi connectivity index (χ1n) is 8.27. The summed E-state index contributed by atoms with van der Waals surface area (Å²) in [5.41, 5.74) is 0. The smallest absolute Gasteiger partial charge is 0.227 e. The first-order valence-corrected chi connectivity index (χ1v) is 8.27. The predicted octanol–water partition coefficient (Wildman–Crippen LogP) is 1.27. The van der Waals surface area contributed by atoms with E-state index in [1.807, 2.05) is 23.6 Å². The summed E-state index contributed by atoms with van der Waals surface area (Å²) in [5, 5.41) is 0. The molecular formula is C16H26N2O3. The van der Waals surface area contributed by atoms with E-state index in [0.29, 0.717) is 19.7 Å². The fourth-order valence-corrected chi connectivity index (χ4v) is 3.41. The molecule has 3 rings (SSSR count). The van der Waals surface area contributed by atoms with Crippen LogP contribution < -0.4 is 0 Å². The van der Waals surface area contributed by atoms with Gasteiger partial charge in [0.25, 0.3) is 0 Å². The van der Waals surface area contributed by atoms with Crippen LogP contribution in [0.1, 0.15) is 39.5 Å². The van der Waals surface area contributed by atoms with Gasteiger partial charge in [-0.15, -0.1) is 0 Å². The molecule has 3 atom stereocenters. The van der Waals surface area contributed by atoms with E-state index in [0.717, 1.165) is 32.2 Å². The first kappa shape index (κ1) is 14.8. The standard InChI is InChI=1S/C16H26N2O3/c1-11-10-21-12(2)8-18(11)16(20)14-4-3-7-17(9-14)15(19)13-5-6-13/h11-14H,3-10H2,1-2H3. The molecule has 3 aliphatic rings. The van der Waals surface area contributed by atoms with Gasteiger partial charge in [0.1, 0.15) is 0 Å². The molecule has 2 heterocycles. The third kappa shape index (κ3) is 3.23. The highest BCUT2D eigenvalue weighted by Gasteiger charge is 2.39. The van der Waals surface area contributed by atoms with Crippen LogP contribution in [0.15, 0.2) is 0 Å². The Morgan fingerprint density at radius 3 is 2.48 bits per heavy atom. The highest BCUT2D eigenvalue weighted by atomic mass is 16.5.